The number of anilines is 1. The zero-order valence-electron chi connectivity index (χ0n) is 20.5. The lowest BCUT2D eigenvalue weighted by atomic mass is 9.99. The molecule has 2 amide bonds. The molecule has 11 nitrogen and oxygen atoms in total. The molecule has 0 radical (unpaired) electrons. The van der Waals surface area contributed by atoms with Gasteiger partial charge in [0.25, 0.3) is 5.91 Å². The van der Waals surface area contributed by atoms with E-state index in [0.29, 0.717) is 50.4 Å². The van der Waals surface area contributed by atoms with Crippen molar-refractivity contribution in [2.24, 2.45) is 11.8 Å². The monoisotopic (exact) mass is 493 g/mol. The third-order valence-electron chi connectivity index (χ3n) is 5.83. The summed E-state index contributed by atoms with van der Waals surface area (Å²) in [4.78, 5) is 25.9. The summed E-state index contributed by atoms with van der Waals surface area (Å²) < 4.78 is 31.0. The van der Waals surface area contributed by atoms with Gasteiger partial charge in [0.1, 0.15) is 4.90 Å². The Bertz CT molecular complexity index is 1140. The highest BCUT2D eigenvalue weighted by Crippen LogP contribution is 2.26. The second-order valence-corrected chi connectivity index (χ2v) is 10.9. The average Bonchev–Trinajstić information content (AvgIpc) is 3.40. The van der Waals surface area contributed by atoms with Crippen molar-refractivity contribution in [2.45, 2.75) is 65.4 Å². The molecule has 2 aromatic rings. The van der Waals surface area contributed by atoms with Gasteiger partial charge in [-0.25, -0.2) is 8.42 Å². The first kappa shape index (κ1) is 25.9. The fraction of sp³-hybridized carbons (Fsp3) is 0.636. The van der Waals surface area contributed by atoms with Crippen LogP contribution in [0.3, 0.4) is 0 Å². The van der Waals surface area contributed by atoms with E-state index in [4.69, 9.17) is 0 Å². The molecular formula is C22H35N7O4S. The van der Waals surface area contributed by atoms with E-state index in [2.05, 4.69) is 20.8 Å². The van der Waals surface area contributed by atoms with Crippen molar-refractivity contribution in [1.82, 2.24) is 29.2 Å². The quantitative estimate of drug-likeness (QED) is 0.548. The number of piperidine rings is 1. The number of sulfonamides is 1. The van der Waals surface area contributed by atoms with Crippen molar-refractivity contribution in [3.63, 3.8) is 0 Å². The van der Waals surface area contributed by atoms with Crippen LogP contribution in [0.15, 0.2) is 17.3 Å². The van der Waals surface area contributed by atoms with E-state index < -0.39 is 15.9 Å². The maximum absolute atomic E-state index is 13.3. The first-order valence-corrected chi connectivity index (χ1v) is 13.2. The summed E-state index contributed by atoms with van der Waals surface area (Å²) >= 11 is 0. The van der Waals surface area contributed by atoms with E-state index in [1.165, 1.54) is 10.5 Å². The van der Waals surface area contributed by atoms with E-state index in [-0.39, 0.29) is 34.9 Å². The number of amides is 2. The van der Waals surface area contributed by atoms with Gasteiger partial charge in [0.2, 0.25) is 15.9 Å². The molecule has 188 valence electrons. The Morgan fingerprint density at radius 1 is 1.15 bits per heavy atom. The predicted molar refractivity (Wildman–Crippen MR) is 128 cm³/mol. The Kier molecular flexibility index (Phi) is 8.13. The van der Waals surface area contributed by atoms with Crippen molar-refractivity contribution in [3.8, 4) is 0 Å². The molecule has 0 saturated carbocycles. The third kappa shape index (κ3) is 5.66. The lowest BCUT2D eigenvalue weighted by molar-refractivity contribution is -0.120. The summed E-state index contributed by atoms with van der Waals surface area (Å²) in [6.07, 6.45) is 4.29. The number of hydrogen-bond acceptors (Lipinski definition) is 6. The van der Waals surface area contributed by atoms with Crippen LogP contribution in [0.1, 0.15) is 56.7 Å². The lowest BCUT2D eigenvalue weighted by Gasteiger charge is -2.31. The first-order chi connectivity index (χ1) is 16.1. The maximum atomic E-state index is 13.3. The van der Waals surface area contributed by atoms with Crippen LogP contribution in [0.25, 0.3) is 0 Å². The number of rotatable bonds is 9. The topological polar surface area (TPSA) is 131 Å². The van der Waals surface area contributed by atoms with Gasteiger partial charge in [-0.15, -0.1) is 0 Å². The highest BCUT2D eigenvalue weighted by molar-refractivity contribution is 7.89. The van der Waals surface area contributed by atoms with Crippen molar-refractivity contribution < 1.29 is 18.0 Å². The van der Waals surface area contributed by atoms with Crippen LogP contribution in [0.2, 0.25) is 0 Å². The van der Waals surface area contributed by atoms with Crippen molar-refractivity contribution in [1.29, 1.82) is 0 Å². The van der Waals surface area contributed by atoms with Crippen LogP contribution in [0.5, 0.6) is 0 Å². The maximum Gasteiger partial charge on any atom is 0.273 e. The SMILES string of the molecule is CCn1cc(S(=O)(=O)N2CCC[C@@H](C(=O)Nc3cn(CC)nc3C(=O)NCC(C)C)C2)c(C)n1. The number of carbonyl (C=O) groups excluding carboxylic acids is 2. The molecule has 0 bridgehead atoms. The van der Waals surface area contributed by atoms with Gasteiger partial charge < -0.3 is 10.6 Å². The Morgan fingerprint density at radius 2 is 1.82 bits per heavy atom. The van der Waals surface area contributed by atoms with Crippen LogP contribution in [-0.2, 0) is 27.9 Å². The van der Waals surface area contributed by atoms with E-state index in [1.54, 1.807) is 22.5 Å². The zero-order valence-corrected chi connectivity index (χ0v) is 21.4. The van der Waals surface area contributed by atoms with Gasteiger partial charge in [0.05, 0.1) is 17.3 Å². The molecule has 2 aromatic heterocycles. The molecule has 1 fully saturated rings. The van der Waals surface area contributed by atoms with Gasteiger partial charge >= 0.3 is 0 Å². The second-order valence-electron chi connectivity index (χ2n) is 8.98. The molecule has 3 heterocycles. The fourth-order valence-corrected chi connectivity index (χ4v) is 5.58. The highest BCUT2D eigenvalue weighted by atomic mass is 32.2. The molecule has 0 unspecified atom stereocenters. The molecule has 34 heavy (non-hydrogen) atoms. The van der Waals surface area contributed by atoms with Gasteiger partial charge in [0.15, 0.2) is 5.69 Å². The minimum absolute atomic E-state index is 0.0711. The molecule has 1 saturated heterocycles. The van der Waals surface area contributed by atoms with Crippen LogP contribution < -0.4 is 10.6 Å². The molecule has 1 aliphatic heterocycles. The third-order valence-corrected chi connectivity index (χ3v) is 7.80. The van der Waals surface area contributed by atoms with Gasteiger partial charge in [-0.1, -0.05) is 13.8 Å². The zero-order chi connectivity index (χ0) is 25.0. The number of hydrogen-bond donors (Lipinski definition) is 2. The van der Waals surface area contributed by atoms with Crippen molar-refractivity contribution in [2.75, 3.05) is 25.0 Å². The summed E-state index contributed by atoms with van der Waals surface area (Å²) in [5.41, 5.74) is 0.921. The summed E-state index contributed by atoms with van der Waals surface area (Å²) in [7, 11) is -3.77. The minimum atomic E-state index is -3.77. The number of nitrogens with one attached hydrogen (secondary N) is 2. The van der Waals surface area contributed by atoms with Crippen LogP contribution in [-0.4, -0.2) is 63.7 Å². The molecular weight excluding hydrogens is 458 g/mol. The predicted octanol–water partition coefficient (Wildman–Crippen LogP) is 1.85. The molecule has 0 spiro atoms. The largest absolute Gasteiger partial charge is 0.350 e. The molecule has 0 aromatic carbocycles. The number of nitrogens with zero attached hydrogens (tertiary/aromatic N) is 5. The van der Waals surface area contributed by atoms with E-state index in [9.17, 15) is 18.0 Å². The Balaban J connectivity index is 1.75. The summed E-state index contributed by atoms with van der Waals surface area (Å²) in [6.45, 7) is 11.5. The number of aromatic nitrogens is 4. The molecule has 2 N–H and O–H groups in total. The van der Waals surface area contributed by atoms with Crippen molar-refractivity contribution in [3.05, 3.63) is 23.8 Å². The Hall–Kier alpha value is -2.73. The normalized spacial score (nSPS) is 17.2. The summed E-state index contributed by atoms with van der Waals surface area (Å²) in [5.74, 6) is -0.943. The summed E-state index contributed by atoms with van der Waals surface area (Å²) in [5, 5.41) is 14.2. The molecule has 3 rings (SSSR count). The lowest BCUT2D eigenvalue weighted by Crippen LogP contribution is -2.43. The van der Waals surface area contributed by atoms with Crippen LogP contribution in [0, 0.1) is 18.8 Å². The van der Waals surface area contributed by atoms with E-state index >= 15 is 0 Å². The van der Waals surface area contributed by atoms with Crippen LogP contribution >= 0.6 is 0 Å². The highest BCUT2D eigenvalue weighted by Gasteiger charge is 2.35. The number of carbonyl (C=O) groups is 2. The smallest absolute Gasteiger partial charge is 0.273 e. The van der Waals surface area contributed by atoms with Gasteiger partial charge in [-0.05, 0) is 39.5 Å². The van der Waals surface area contributed by atoms with Crippen molar-refractivity contribution >= 4 is 27.5 Å². The van der Waals surface area contributed by atoms with Gasteiger partial charge in [0, 0.05) is 45.1 Å². The molecule has 0 aliphatic carbocycles. The van der Waals surface area contributed by atoms with E-state index in [0.717, 1.165) is 0 Å². The van der Waals surface area contributed by atoms with Gasteiger partial charge in [-0.2, -0.15) is 14.5 Å². The number of aryl methyl sites for hydroxylation is 3. The Morgan fingerprint density at radius 3 is 2.44 bits per heavy atom. The van der Waals surface area contributed by atoms with Gasteiger partial charge in [-0.3, -0.25) is 19.0 Å². The first-order valence-electron chi connectivity index (χ1n) is 11.8. The molecule has 1 atom stereocenters. The van der Waals surface area contributed by atoms with Crippen LogP contribution in [0.4, 0.5) is 5.69 Å². The minimum Gasteiger partial charge on any atom is -0.350 e. The fourth-order valence-electron chi connectivity index (χ4n) is 3.89. The molecule has 1 aliphatic rings. The molecule has 12 heteroatoms. The standard InChI is InChI=1S/C22H35N7O4S/c1-6-27-13-18(20(26-27)22(31)23-11-15(3)4)24-21(30)17-9-8-10-29(12-17)34(32,33)19-14-28(7-2)25-16(19)5/h13-15,17H,6-12H2,1-5H3,(H,23,31)(H,24,30)/t17-/m1/s1. The summed E-state index contributed by atoms with van der Waals surface area (Å²) in [6, 6.07) is 0. The second kappa shape index (κ2) is 10.7. The Labute approximate surface area is 200 Å². The average molecular weight is 494 g/mol. The van der Waals surface area contributed by atoms with E-state index in [1.807, 2.05) is 27.7 Å².